The van der Waals surface area contributed by atoms with Crippen molar-refractivity contribution in [3.63, 3.8) is 0 Å². The van der Waals surface area contributed by atoms with E-state index in [1.807, 2.05) is 20.8 Å². The topological polar surface area (TPSA) is 149 Å². The molecule has 1 amide bonds. The second kappa shape index (κ2) is 15.9. The van der Waals surface area contributed by atoms with Gasteiger partial charge in [0, 0.05) is 71.5 Å². The summed E-state index contributed by atoms with van der Waals surface area (Å²) >= 11 is 0. The van der Waals surface area contributed by atoms with Crippen molar-refractivity contribution >= 4 is 6.09 Å². The maximum Gasteiger partial charge on any atom is 0.407 e. The summed E-state index contributed by atoms with van der Waals surface area (Å²) in [7, 11) is 0. The number of nitrogens with one attached hydrogen (secondary N) is 1. The molecule has 1 unspecified atom stereocenters. The molecule has 0 saturated heterocycles. The van der Waals surface area contributed by atoms with Crippen LogP contribution in [0.4, 0.5) is 4.79 Å². The molecule has 28 heavy (non-hydrogen) atoms. The van der Waals surface area contributed by atoms with Crippen LogP contribution in [0.2, 0.25) is 0 Å². The van der Waals surface area contributed by atoms with Crippen LogP contribution >= 0.6 is 0 Å². The lowest BCUT2D eigenvalue weighted by Crippen LogP contribution is -2.49. The van der Waals surface area contributed by atoms with Gasteiger partial charge in [-0.1, -0.05) is 6.42 Å². The smallest absolute Gasteiger partial charge is 0.407 e. The van der Waals surface area contributed by atoms with Gasteiger partial charge in [0.25, 0.3) is 0 Å². The van der Waals surface area contributed by atoms with Gasteiger partial charge in [0.15, 0.2) is 0 Å². The Balaban J connectivity index is 4.59. The highest BCUT2D eigenvalue weighted by atomic mass is 16.6. The number of nitrogens with two attached hydrogens (primary N) is 4. The van der Waals surface area contributed by atoms with Gasteiger partial charge in [-0.25, -0.2) is 4.79 Å². The molecule has 0 aliphatic heterocycles. The number of alkyl carbamates (subject to hydrolysis) is 1. The number of amides is 1. The molecule has 0 saturated carbocycles. The minimum absolute atomic E-state index is 0.340. The van der Waals surface area contributed by atoms with E-state index in [1.54, 1.807) is 0 Å². The Labute approximate surface area is 171 Å². The second-order valence-electron chi connectivity index (χ2n) is 8.07. The molecule has 0 heterocycles. The quantitative estimate of drug-likeness (QED) is 0.216. The van der Waals surface area contributed by atoms with Crippen LogP contribution in [-0.2, 0) is 4.74 Å². The van der Waals surface area contributed by atoms with E-state index < -0.39 is 5.60 Å². The van der Waals surface area contributed by atoms with Crippen molar-refractivity contribution in [3.05, 3.63) is 0 Å². The summed E-state index contributed by atoms with van der Waals surface area (Å²) in [6.07, 6.45) is 2.52. The van der Waals surface area contributed by atoms with E-state index in [2.05, 4.69) is 15.1 Å². The van der Waals surface area contributed by atoms with Crippen molar-refractivity contribution in [2.24, 2.45) is 22.9 Å². The number of unbranched alkanes of at least 4 members (excludes halogenated alkanes) is 1. The molecule has 168 valence electrons. The molecule has 0 aromatic rings. The van der Waals surface area contributed by atoms with Crippen molar-refractivity contribution in [2.75, 3.05) is 65.4 Å². The number of ether oxygens (including phenoxy) is 1. The van der Waals surface area contributed by atoms with Crippen LogP contribution in [0.1, 0.15) is 40.0 Å². The fraction of sp³-hybridized carbons (Fsp3) is 0.947. The van der Waals surface area contributed by atoms with Crippen LogP contribution in [-0.4, -0.2) is 93.0 Å². The monoisotopic (exact) mass is 403 g/mol. The minimum atomic E-state index is -0.477. The van der Waals surface area contributed by atoms with Crippen LogP contribution in [0.15, 0.2) is 0 Å². The standard InChI is InChI=1S/C19H45N7O2/c1-19(2,3)28-18(27)24-11-5-4-6-17(26(14-9-22)15-10-23)16-25(12-7-20)13-8-21/h17H,4-16,20-23H2,1-3H3,(H,24,27). The third kappa shape index (κ3) is 14.1. The molecule has 0 bridgehead atoms. The van der Waals surface area contributed by atoms with E-state index in [4.69, 9.17) is 27.7 Å². The fourth-order valence-electron chi connectivity index (χ4n) is 3.17. The molecule has 9 heteroatoms. The van der Waals surface area contributed by atoms with Crippen LogP contribution in [0.5, 0.6) is 0 Å². The Kier molecular flexibility index (Phi) is 15.3. The van der Waals surface area contributed by atoms with Crippen molar-refractivity contribution in [1.29, 1.82) is 0 Å². The number of carbonyl (C=O) groups excluding carboxylic acids is 1. The number of rotatable bonds is 16. The molecule has 0 rings (SSSR count). The Bertz CT molecular complexity index is 379. The van der Waals surface area contributed by atoms with E-state index >= 15 is 0 Å². The zero-order valence-corrected chi connectivity index (χ0v) is 18.3. The van der Waals surface area contributed by atoms with E-state index in [0.29, 0.717) is 38.8 Å². The van der Waals surface area contributed by atoms with Crippen LogP contribution in [0, 0.1) is 0 Å². The largest absolute Gasteiger partial charge is 0.444 e. The molecular formula is C19H45N7O2. The molecular weight excluding hydrogens is 358 g/mol. The Morgan fingerprint density at radius 3 is 1.93 bits per heavy atom. The average molecular weight is 404 g/mol. The third-order valence-corrected chi connectivity index (χ3v) is 4.34. The van der Waals surface area contributed by atoms with Gasteiger partial charge in [0.05, 0.1) is 0 Å². The summed E-state index contributed by atoms with van der Waals surface area (Å²) in [5, 5.41) is 2.82. The van der Waals surface area contributed by atoms with Crippen molar-refractivity contribution in [3.8, 4) is 0 Å². The normalized spacial score (nSPS) is 13.2. The molecule has 9 N–H and O–H groups in total. The predicted octanol–water partition coefficient (Wildman–Crippen LogP) is -0.511. The number of nitrogens with zero attached hydrogens (tertiary/aromatic N) is 2. The number of hydrogen-bond donors (Lipinski definition) is 5. The molecule has 9 nitrogen and oxygen atoms in total. The summed E-state index contributed by atoms with van der Waals surface area (Å²) in [6, 6.07) is 0.340. The van der Waals surface area contributed by atoms with Gasteiger partial charge in [-0.2, -0.15) is 0 Å². The van der Waals surface area contributed by atoms with Gasteiger partial charge >= 0.3 is 6.09 Å². The van der Waals surface area contributed by atoms with E-state index in [0.717, 1.165) is 52.0 Å². The fourth-order valence-corrected chi connectivity index (χ4v) is 3.17. The number of carbonyl (C=O) groups is 1. The highest BCUT2D eigenvalue weighted by molar-refractivity contribution is 5.67. The van der Waals surface area contributed by atoms with Crippen molar-refractivity contribution in [2.45, 2.75) is 51.7 Å². The first-order valence-electron chi connectivity index (χ1n) is 10.5. The zero-order valence-electron chi connectivity index (χ0n) is 18.3. The molecule has 0 spiro atoms. The summed E-state index contributed by atoms with van der Waals surface area (Å²) in [5.74, 6) is 0. The predicted molar refractivity (Wildman–Crippen MR) is 116 cm³/mol. The van der Waals surface area contributed by atoms with Crippen molar-refractivity contribution < 1.29 is 9.53 Å². The Hall–Kier alpha value is -0.970. The summed E-state index contributed by atoms with van der Waals surface area (Å²) < 4.78 is 5.26. The van der Waals surface area contributed by atoms with Gasteiger partial charge in [-0.3, -0.25) is 9.80 Å². The van der Waals surface area contributed by atoms with Gasteiger partial charge < -0.3 is 33.0 Å². The van der Waals surface area contributed by atoms with Crippen molar-refractivity contribution in [1.82, 2.24) is 15.1 Å². The summed E-state index contributed by atoms with van der Waals surface area (Å²) in [4.78, 5) is 16.4. The average Bonchev–Trinajstić information content (AvgIpc) is 2.59. The maximum atomic E-state index is 11.7. The summed E-state index contributed by atoms with van der Waals surface area (Å²) in [6.45, 7) is 12.8. The van der Waals surface area contributed by atoms with E-state index in [9.17, 15) is 4.79 Å². The molecule has 0 aliphatic carbocycles. The molecule has 1 atom stereocenters. The molecule has 0 fully saturated rings. The second-order valence-corrected chi connectivity index (χ2v) is 8.07. The highest BCUT2D eigenvalue weighted by Gasteiger charge is 2.20. The van der Waals surface area contributed by atoms with Crippen LogP contribution in [0.3, 0.4) is 0 Å². The zero-order chi connectivity index (χ0) is 21.4. The third-order valence-electron chi connectivity index (χ3n) is 4.34. The maximum absolute atomic E-state index is 11.7. The molecule has 0 aliphatic rings. The van der Waals surface area contributed by atoms with Gasteiger partial charge in [-0.05, 0) is 33.6 Å². The minimum Gasteiger partial charge on any atom is -0.444 e. The lowest BCUT2D eigenvalue weighted by atomic mass is 10.1. The van der Waals surface area contributed by atoms with Gasteiger partial charge in [0.2, 0.25) is 0 Å². The summed E-state index contributed by atoms with van der Waals surface area (Å²) in [5.41, 5.74) is 22.6. The molecule has 0 aromatic heterocycles. The molecule has 0 radical (unpaired) electrons. The van der Waals surface area contributed by atoms with Crippen LogP contribution in [0.25, 0.3) is 0 Å². The Morgan fingerprint density at radius 2 is 1.46 bits per heavy atom. The first-order valence-corrected chi connectivity index (χ1v) is 10.5. The highest BCUT2D eigenvalue weighted by Crippen LogP contribution is 2.11. The van der Waals surface area contributed by atoms with Gasteiger partial charge in [-0.15, -0.1) is 0 Å². The van der Waals surface area contributed by atoms with E-state index in [-0.39, 0.29) is 6.09 Å². The molecule has 0 aromatic carbocycles. The van der Waals surface area contributed by atoms with Gasteiger partial charge in [0.1, 0.15) is 5.60 Å². The van der Waals surface area contributed by atoms with E-state index in [1.165, 1.54) is 0 Å². The first kappa shape index (κ1) is 27.0. The lowest BCUT2D eigenvalue weighted by molar-refractivity contribution is 0.0526. The Morgan fingerprint density at radius 1 is 0.929 bits per heavy atom. The first-order chi connectivity index (χ1) is 13.3. The lowest BCUT2D eigenvalue weighted by Gasteiger charge is -2.35. The number of hydrogen-bond acceptors (Lipinski definition) is 8. The SMILES string of the molecule is CC(C)(C)OC(=O)NCCCCC(CN(CCN)CCN)N(CCN)CCN. The van der Waals surface area contributed by atoms with Crippen LogP contribution < -0.4 is 28.3 Å².